The van der Waals surface area contributed by atoms with Gasteiger partial charge in [0.05, 0.1) is 6.54 Å². The zero-order chi connectivity index (χ0) is 14.9. The van der Waals surface area contributed by atoms with E-state index in [1.165, 1.54) is 55.9 Å². The van der Waals surface area contributed by atoms with Crippen LogP contribution in [0.2, 0.25) is 0 Å². The van der Waals surface area contributed by atoms with Crippen molar-refractivity contribution in [2.75, 3.05) is 13.1 Å². The minimum atomic E-state index is 0.392. The van der Waals surface area contributed by atoms with Crippen molar-refractivity contribution in [3.8, 4) is 0 Å². The van der Waals surface area contributed by atoms with Crippen molar-refractivity contribution in [1.82, 2.24) is 15.2 Å². The smallest absolute Gasteiger partial charge is 0.107 e. The molecule has 1 spiro atoms. The highest BCUT2D eigenvalue weighted by molar-refractivity contribution is 7.09. The Bertz CT molecular complexity index is 462. The number of piperazine rings is 1. The van der Waals surface area contributed by atoms with Gasteiger partial charge in [-0.1, -0.05) is 33.1 Å². The van der Waals surface area contributed by atoms with Crippen molar-refractivity contribution >= 4 is 11.3 Å². The first-order valence-corrected chi connectivity index (χ1v) is 9.36. The molecular formula is C17H29N3S. The molecule has 1 aliphatic heterocycles. The van der Waals surface area contributed by atoms with Crippen LogP contribution in [0.15, 0.2) is 5.38 Å². The summed E-state index contributed by atoms with van der Waals surface area (Å²) < 4.78 is 0. The van der Waals surface area contributed by atoms with Gasteiger partial charge in [0.15, 0.2) is 0 Å². The minimum Gasteiger partial charge on any atom is -0.311 e. The number of thiazole rings is 1. The van der Waals surface area contributed by atoms with Gasteiger partial charge in [0, 0.05) is 35.7 Å². The van der Waals surface area contributed by atoms with Crippen molar-refractivity contribution in [3.05, 3.63) is 16.1 Å². The third-order valence-electron chi connectivity index (χ3n) is 5.36. The first-order valence-electron chi connectivity index (χ1n) is 8.48. The van der Waals surface area contributed by atoms with Gasteiger partial charge in [-0.3, -0.25) is 4.90 Å². The predicted molar refractivity (Wildman–Crippen MR) is 89.7 cm³/mol. The van der Waals surface area contributed by atoms with Gasteiger partial charge in [-0.15, -0.1) is 11.3 Å². The predicted octanol–water partition coefficient (Wildman–Crippen LogP) is 3.58. The van der Waals surface area contributed by atoms with Crippen LogP contribution in [0.4, 0.5) is 0 Å². The number of aromatic nitrogens is 1. The third kappa shape index (κ3) is 3.33. The fraction of sp³-hybridized carbons (Fsp3) is 0.824. The lowest BCUT2D eigenvalue weighted by Crippen LogP contribution is -2.65. The van der Waals surface area contributed by atoms with Gasteiger partial charge in [-0.2, -0.15) is 0 Å². The standard InChI is InChI=1S/C17H29N3S/c1-13(2)15-9-20(10-16-19-14(3)11-21-16)17(12-18-15)7-5-4-6-8-17/h11,13,15,18H,4-10,12H2,1-3H3. The molecule has 1 atom stereocenters. The van der Waals surface area contributed by atoms with Crippen LogP contribution in [0.25, 0.3) is 0 Å². The highest BCUT2D eigenvalue weighted by atomic mass is 32.1. The number of hydrogen-bond acceptors (Lipinski definition) is 4. The number of rotatable bonds is 3. The fourth-order valence-electron chi connectivity index (χ4n) is 3.95. The summed E-state index contributed by atoms with van der Waals surface area (Å²) >= 11 is 1.83. The molecule has 3 rings (SSSR count). The van der Waals surface area contributed by atoms with Crippen LogP contribution >= 0.6 is 11.3 Å². The summed E-state index contributed by atoms with van der Waals surface area (Å²) in [6.07, 6.45) is 6.91. The Morgan fingerprint density at radius 1 is 1.38 bits per heavy atom. The molecule has 21 heavy (non-hydrogen) atoms. The van der Waals surface area contributed by atoms with E-state index in [4.69, 9.17) is 4.98 Å². The monoisotopic (exact) mass is 307 g/mol. The molecule has 1 unspecified atom stereocenters. The molecule has 1 saturated heterocycles. The maximum Gasteiger partial charge on any atom is 0.107 e. The molecule has 118 valence electrons. The van der Waals surface area contributed by atoms with Crippen LogP contribution in [0.5, 0.6) is 0 Å². The van der Waals surface area contributed by atoms with Gasteiger partial charge in [0.1, 0.15) is 5.01 Å². The van der Waals surface area contributed by atoms with Crippen molar-refractivity contribution in [2.24, 2.45) is 5.92 Å². The van der Waals surface area contributed by atoms with Crippen LogP contribution in [-0.4, -0.2) is 34.6 Å². The highest BCUT2D eigenvalue weighted by Gasteiger charge is 2.42. The summed E-state index contributed by atoms with van der Waals surface area (Å²) in [6, 6.07) is 0.624. The maximum atomic E-state index is 4.71. The molecule has 1 aromatic heterocycles. The molecular weight excluding hydrogens is 278 g/mol. The number of aryl methyl sites for hydroxylation is 1. The summed E-state index contributed by atoms with van der Waals surface area (Å²) in [6.45, 7) is 10.2. The average molecular weight is 308 g/mol. The minimum absolute atomic E-state index is 0.392. The van der Waals surface area contributed by atoms with Crippen molar-refractivity contribution in [3.63, 3.8) is 0 Å². The van der Waals surface area contributed by atoms with Gasteiger partial charge < -0.3 is 5.32 Å². The molecule has 2 fully saturated rings. The molecule has 1 aromatic rings. The molecule has 0 bridgehead atoms. The lowest BCUT2D eigenvalue weighted by atomic mass is 9.77. The van der Waals surface area contributed by atoms with E-state index >= 15 is 0 Å². The summed E-state index contributed by atoms with van der Waals surface area (Å²) in [7, 11) is 0. The molecule has 0 radical (unpaired) electrons. The zero-order valence-corrected chi connectivity index (χ0v) is 14.5. The lowest BCUT2D eigenvalue weighted by Gasteiger charge is -2.52. The summed E-state index contributed by atoms with van der Waals surface area (Å²) in [5, 5.41) is 7.32. The Hall–Kier alpha value is -0.450. The fourth-order valence-corrected chi connectivity index (χ4v) is 4.74. The van der Waals surface area contributed by atoms with Gasteiger partial charge in [0.2, 0.25) is 0 Å². The van der Waals surface area contributed by atoms with Crippen LogP contribution in [0, 0.1) is 12.8 Å². The lowest BCUT2D eigenvalue weighted by molar-refractivity contribution is -0.00426. The second-order valence-corrected chi connectivity index (χ2v) is 8.22. The van der Waals surface area contributed by atoms with Crippen molar-refractivity contribution in [1.29, 1.82) is 0 Å². The summed E-state index contributed by atoms with van der Waals surface area (Å²) in [4.78, 5) is 7.48. The zero-order valence-electron chi connectivity index (χ0n) is 13.7. The third-order valence-corrected chi connectivity index (χ3v) is 6.31. The molecule has 2 heterocycles. The van der Waals surface area contributed by atoms with E-state index in [2.05, 4.69) is 36.4 Å². The molecule has 1 saturated carbocycles. The second-order valence-electron chi connectivity index (χ2n) is 7.28. The van der Waals surface area contributed by atoms with E-state index in [-0.39, 0.29) is 0 Å². The van der Waals surface area contributed by atoms with E-state index in [0.29, 0.717) is 17.5 Å². The summed E-state index contributed by atoms with van der Waals surface area (Å²) in [5.41, 5.74) is 1.56. The normalized spacial score (nSPS) is 26.6. The molecule has 2 aliphatic rings. The maximum absolute atomic E-state index is 4.71. The molecule has 1 N–H and O–H groups in total. The highest BCUT2D eigenvalue weighted by Crippen LogP contribution is 2.37. The van der Waals surface area contributed by atoms with Gasteiger partial charge in [-0.05, 0) is 25.7 Å². The first-order chi connectivity index (χ1) is 10.1. The average Bonchev–Trinajstić information content (AvgIpc) is 2.87. The first kappa shape index (κ1) is 15.4. The van der Waals surface area contributed by atoms with Crippen LogP contribution in [0.1, 0.15) is 56.7 Å². The quantitative estimate of drug-likeness (QED) is 0.925. The molecule has 0 aromatic carbocycles. The number of nitrogens with one attached hydrogen (secondary N) is 1. The van der Waals surface area contributed by atoms with E-state index in [1.807, 2.05) is 11.3 Å². The summed E-state index contributed by atoms with van der Waals surface area (Å²) in [5.74, 6) is 0.700. The SMILES string of the molecule is Cc1csc(CN2CC(C(C)C)NCC23CCCCC3)n1. The molecule has 0 amide bonds. The Morgan fingerprint density at radius 3 is 2.76 bits per heavy atom. The van der Waals surface area contributed by atoms with Crippen LogP contribution in [0.3, 0.4) is 0 Å². The van der Waals surface area contributed by atoms with E-state index in [0.717, 1.165) is 6.54 Å². The Balaban J connectivity index is 1.78. The second kappa shape index (κ2) is 6.35. The van der Waals surface area contributed by atoms with Crippen molar-refractivity contribution < 1.29 is 0 Å². The topological polar surface area (TPSA) is 28.2 Å². The molecule has 3 nitrogen and oxygen atoms in total. The van der Waals surface area contributed by atoms with E-state index in [1.54, 1.807) is 0 Å². The Kier molecular flexibility index (Phi) is 4.67. The van der Waals surface area contributed by atoms with Gasteiger partial charge in [-0.25, -0.2) is 4.98 Å². The largest absolute Gasteiger partial charge is 0.311 e. The number of hydrogen-bond donors (Lipinski definition) is 1. The molecule has 1 aliphatic carbocycles. The Morgan fingerprint density at radius 2 is 2.14 bits per heavy atom. The number of nitrogens with zero attached hydrogens (tertiary/aromatic N) is 2. The van der Waals surface area contributed by atoms with E-state index in [9.17, 15) is 0 Å². The van der Waals surface area contributed by atoms with Crippen LogP contribution in [-0.2, 0) is 6.54 Å². The Labute approximate surface area is 133 Å². The van der Waals surface area contributed by atoms with Crippen molar-refractivity contribution in [2.45, 2.75) is 71.0 Å². The van der Waals surface area contributed by atoms with Gasteiger partial charge in [0.25, 0.3) is 0 Å². The van der Waals surface area contributed by atoms with Crippen LogP contribution < -0.4 is 5.32 Å². The van der Waals surface area contributed by atoms with Gasteiger partial charge >= 0.3 is 0 Å². The molecule has 4 heteroatoms. The van der Waals surface area contributed by atoms with E-state index < -0.39 is 0 Å².